The van der Waals surface area contributed by atoms with Gasteiger partial charge in [-0.3, -0.25) is 10.1 Å². The van der Waals surface area contributed by atoms with Gasteiger partial charge in [-0.15, -0.1) is 0 Å². The molecule has 1 fully saturated rings. The van der Waals surface area contributed by atoms with Crippen LogP contribution in [0.5, 0.6) is 0 Å². The molecule has 5 rings (SSSR count). The number of aliphatic hydroxyl groups excluding tert-OH is 1. The number of aliphatic hydroxyl groups is 1. The van der Waals surface area contributed by atoms with Crippen LogP contribution in [0.2, 0.25) is 0 Å². The van der Waals surface area contributed by atoms with Gasteiger partial charge in [0.25, 0.3) is 5.69 Å². The molecule has 1 saturated heterocycles. The van der Waals surface area contributed by atoms with Crippen molar-refractivity contribution in [3.8, 4) is 11.8 Å². The fraction of sp³-hybridized carbons (Fsp3) is 0.200. The van der Waals surface area contributed by atoms with Gasteiger partial charge >= 0.3 is 15.6 Å². The zero-order chi connectivity index (χ0) is 34.0. The summed E-state index contributed by atoms with van der Waals surface area (Å²) in [6, 6.07) is 33.5. The second-order valence-electron chi connectivity index (χ2n) is 10.3. The highest BCUT2D eigenvalue weighted by molar-refractivity contribution is 7.87. The Hall–Kier alpha value is -4.96. The van der Waals surface area contributed by atoms with E-state index in [4.69, 9.17) is 4.74 Å². The van der Waals surface area contributed by atoms with E-state index in [9.17, 15) is 36.8 Å². The van der Waals surface area contributed by atoms with Gasteiger partial charge in [-0.1, -0.05) is 90.7 Å². The van der Waals surface area contributed by atoms with Crippen molar-refractivity contribution < 1.29 is 40.5 Å². The average Bonchev–Trinajstić information content (AvgIpc) is 3.52. The fourth-order valence-corrected chi connectivity index (χ4v) is 5.20. The standard InChI is InChI=1S/C19H16F3NO6S.C16H14O/c1-12(29-30(26,27)19(20,21)22)16-11-17(13-5-3-2-4-6-13)28-18(16)14-7-9-15(10-8-14)23(24)25;17-16(15-11-5-2-6-12-15)13-7-10-14-8-3-1-4-9-14/h2-10,17-18H,11H2,1H3;1-6,8-9,11-12,16-17H,13H2/b16-12+;/t17-,18-;/m0./s1. The molecule has 3 atom stereocenters. The SMILES string of the molecule is C/C(OS(=O)(=O)C(F)(F)F)=C1/C[C@@H](c2ccccc2)O[C@H]1c1ccc([N+](=O)[O-])cc1.OC(CC#Cc1ccccc1)c1ccccc1. The number of nitro groups is 1. The van der Waals surface area contributed by atoms with Gasteiger partial charge in [-0.25, -0.2) is 0 Å². The fourth-order valence-electron chi connectivity index (χ4n) is 4.67. The third kappa shape index (κ3) is 9.52. The first-order valence-electron chi connectivity index (χ1n) is 14.3. The summed E-state index contributed by atoms with van der Waals surface area (Å²) in [5.41, 5.74) is -2.49. The van der Waals surface area contributed by atoms with Gasteiger partial charge in [0.15, 0.2) is 0 Å². The van der Waals surface area contributed by atoms with Gasteiger partial charge in [-0.2, -0.15) is 21.6 Å². The van der Waals surface area contributed by atoms with Crippen molar-refractivity contribution >= 4 is 15.8 Å². The number of benzene rings is 4. The maximum absolute atomic E-state index is 12.7. The van der Waals surface area contributed by atoms with E-state index in [1.807, 2.05) is 60.7 Å². The molecule has 8 nitrogen and oxygen atoms in total. The Morgan fingerprint density at radius 3 is 2.04 bits per heavy atom. The van der Waals surface area contributed by atoms with Gasteiger partial charge < -0.3 is 14.0 Å². The van der Waals surface area contributed by atoms with Crippen molar-refractivity contribution in [2.45, 2.75) is 43.6 Å². The summed E-state index contributed by atoms with van der Waals surface area (Å²) in [4.78, 5) is 10.3. The van der Waals surface area contributed by atoms with Crippen molar-refractivity contribution in [3.05, 3.63) is 159 Å². The molecule has 244 valence electrons. The molecule has 1 aliphatic heterocycles. The number of non-ortho nitro benzene ring substituents is 1. The molecular weight excluding hydrogens is 635 g/mol. The lowest BCUT2D eigenvalue weighted by Gasteiger charge is -2.16. The topological polar surface area (TPSA) is 116 Å². The highest BCUT2D eigenvalue weighted by atomic mass is 32.2. The van der Waals surface area contributed by atoms with Crippen LogP contribution in [0.1, 0.15) is 60.3 Å². The van der Waals surface area contributed by atoms with E-state index < -0.39 is 44.6 Å². The van der Waals surface area contributed by atoms with E-state index in [2.05, 4.69) is 16.0 Å². The van der Waals surface area contributed by atoms with E-state index in [0.717, 1.165) is 23.6 Å². The van der Waals surface area contributed by atoms with E-state index in [1.54, 1.807) is 30.3 Å². The van der Waals surface area contributed by atoms with Crippen LogP contribution < -0.4 is 0 Å². The quantitative estimate of drug-likeness (QED) is 0.0530. The number of rotatable bonds is 7. The summed E-state index contributed by atoms with van der Waals surface area (Å²) in [6.45, 7) is 1.12. The van der Waals surface area contributed by atoms with Gasteiger partial charge in [0.05, 0.1) is 17.1 Å². The van der Waals surface area contributed by atoms with Crippen molar-refractivity contribution in [1.29, 1.82) is 0 Å². The van der Waals surface area contributed by atoms with Crippen LogP contribution in [0.3, 0.4) is 0 Å². The summed E-state index contributed by atoms with van der Waals surface area (Å²) in [6.07, 6.45) is -1.45. The maximum atomic E-state index is 12.7. The Bertz CT molecular complexity index is 1840. The van der Waals surface area contributed by atoms with Gasteiger partial charge in [0.2, 0.25) is 0 Å². The molecule has 0 amide bonds. The van der Waals surface area contributed by atoms with E-state index >= 15 is 0 Å². The normalized spacial score (nSPS) is 17.7. The second-order valence-corrected chi connectivity index (χ2v) is 11.9. The lowest BCUT2D eigenvalue weighted by Crippen LogP contribution is -2.25. The van der Waals surface area contributed by atoms with Crippen LogP contribution in [0.15, 0.2) is 127 Å². The summed E-state index contributed by atoms with van der Waals surface area (Å²) in [5.74, 6) is 5.59. The minimum absolute atomic E-state index is 0.0882. The third-order valence-electron chi connectivity index (χ3n) is 7.06. The predicted octanol–water partition coefficient (Wildman–Crippen LogP) is 8.10. The molecule has 0 saturated carbocycles. The average molecular weight is 666 g/mol. The largest absolute Gasteiger partial charge is 0.534 e. The summed E-state index contributed by atoms with van der Waals surface area (Å²) in [7, 11) is -5.84. The van der Waals surface area contributed by atoms with Crippen molar-refractivity contribution in [3.63, 3.8) is 0 Å². The molecule has 12 heteroatoms. The maximum Gasteiger partial charge on any atom is 0.534 e. The van der Waals surface area contributed by atoms with Crippen LogP contribution in [-0.2, 0) is 19.0 Å². The summed E-state index contributed by atoms with van der Waals surface area (Å²) in [5, 5.41) is 20.8. The van der Waals surface area contributed by atoms with E-state index in [0.29, 0.717) is 12.0 Å². The Morgan fingerprint density at radius 2 is 1.49 bits per heavy atom. The van der Waals surface area contributed by atoms with Crippen molar-refractivity contribution in [2.24, 2.45) is 0 Å². The molecular formula is C35H30F3NO7S. The Kier molecular flexibility index (Phi) is 11.6. The molecule has 0 bridgehead atoms. The molecule has 0 spiro atoms. The van der Waals surface area contributed by atoms with E-state index in [1.165, 1.54) is 24.3 Å². The number of hydrogen-bond acceptors (Lipinski definition) is 7. The number of ether oxygens (including phenoxy) is 1. The molecule has 1 unspecified atom stereocenters. The minimum Gasteiger partial charge on any atom is -0.387 e. The molecule has 4 aromatic rings. The van der Waals surface area contributed by atoms with Gasteiger partial charge in [-0.05, 0) is 47.9 Å². The molecule has 0 aromatic heterocycles. The van der Waals surface area contributed by atoms with Crippen molar-refractivity contribution in [2.75, 3.05) is 0 Å². The highest BCUT2D eigenvalue weighted by Gasteiger charge is 2.49. The highest BCUT2D eigenvalue weighted by Crippen LogP contribution is 2.47. The number of halogens is 3. The number of alkyl halides is 3. The molecule has 0 aliphatic carbocycles. The van der Waals surface area contributed by atoms with Crippen LogP contribution in [0.4, 0.5) is 18.9 Å². The number of allylic oxidation sites excluding steroid dienone is 1. The molecule has 1 N–H and O–H groups in total. The monoisotopic (exact) mass is 665 g/mol. The molecule has 4 aromatic carbocycles. The Balaban J connectivity index is 0.000000248. The minimum atomic E-state index is -5.84. The summed E-state index contributed by atoms with van der Waals surface area (Å²) < 4.78 is 71.4. The number of nitrogens with zero attached hydrogens (tertiary/aromatic N) is 1. The second kappa shape index (κ2) is 15.6. The van der Waals surface area contributed by atoms with Crippen LogP contribution in [0, 0.1) is 22.0 Å². The first-order valence-corrected chi connectivity index (χ1v) is 15.7. The first-order chi connectivity index (χ1) is 22.4. The molecule has 1 aliphatic rings. The first kappa shape index (κ1) is 34.9. The Morgan fingerprint density at radius 1 is 0.936 bits per heavy atom. The number of nitro benzene ring substituents is 1. The third-order valence-corrected chi connectivity index (χ3v) is 8.09. The number of hydrogen-bond donors (Lipinski definition) is 1. The molecule has 0 radical (unpaired) electrons. The lowest BCUT2D eigenvalue weighted by molar-refractivity contribution is -0.384. The summed E-state index contributed by atoms with van der Waals surface area (Å²) >= 11 is 0. The molecule has 47 heavy (non-hydrogen) atoms. The predicted molar refractivity (Wildman–Crippen MR) is 169 cm³/mol. The lowest BCUT2D eigenvalue weighted by atomic mass is 9.97. The zero-order valence-electron chi connectivity index (χ0n) is 25.0. The Labute approximate surface area is 270 Å². The van der Waals surface area contributed by atoms with Crippen LogP contribution in [0.25, 0.3) is 0 Å². The molecule has 1 heterocycles. The smallest absolute Gasteiger partial charge is 0.387 e. The van der Waals surface area contributed by atoms with Gasteiger partial charge in [0, 0.05) is 36.1 Å². The van der Waals surface area contributed by atoms with E-state index in [-0.39, 0.29) is 17.7 Å². The zero-order valence-corrected chi connectivity index (χ0v) is 25.8. The van der Waals surface area contributed by atoms with Crippen LogP contribution in [-0.4, -0.2) is 24.0 Å². The van der Waals surface area contributed by atoms with Crippen molar-refractivity contribution in [1.82, 2.24) is 0 Å². The van der Waals surface area contributed by atoms with Crippen LogP contribution >= 0.6 is 0 Å². The van der Waals surface area contributed by atoms with Gasteiger partial charge in [0.1, 0.15) is 11.9 Å².